The highest BCUT2D eigenvalue weighted by Crippen LogP contribution is 2.28. The van der Waals surface area contributed by atoms with Crippen LogP contribution in [0.4, 0.5) is 0 Å². The molecule has 0 heterocycles. The van der Waals surface area contributed by atoms with Crippen LogP contribution in [0.5, 0.6) is 11.5 Å². The van der Waals surface area contributed by atoms with Crippen molar-refractivity contribution >= 4 is 22.2 Å². The number of nitrogens with one attached hydrogen (secondary N) is 1. The normalized spacial score (nSPS) is 11.2. The molecule has 0 unspecified atom stereocenters. The molecular weight excluding hydrogens is 392 g/mol. The highest BCUT2D eigenvalue weighted by molar-refractivity contribution is 7.89. The van der Waals surface area contributed by atoms with E-state index in [9.17, 15) is 13.2 Å². The Bertz CT molecular complexity index is 1110. The summed E-state index contributed by atoms with van der Waals surface area (Å²) in [6.45, 7) is 0. The molecule has 148 valence electrons. The number of carbonyl (C=O) groups excluding carboxylic acids is 1. The van der Waals surface area contributed by atoms with Crippen LogP contribution in [0.2, 0.25) is 0 Å². The molecule has 0 spiro atoms. The summed E-state index contributed by atoms with van der Waals surface area (Å²) in [5, 5.41) is 3.78. The second-order valence-electron chi connectivity index (χ2n) is 5.83. The molecule has 3 aromatic carbocycles. The third-order valence-electron chi connectivity index (χ3n) is 3.84. The zero-order chi connectivity index (χ0) is 20.7. The maximum Gasteiger partial charge on any atom is 0.343 e. The number of methoxy groups -OCH3 is 1. The maximum atomic E-state index is 12.2. The van der Waals surface area contributed by atoms with Crippen LogP contribution in [0, 0.1) is 0 Å². The third-order valence-corrected chi connectivity index (χ3v) is 5.08. The molecule has 0 bridgehead atoms. The van der Waals surface area contributed by atoms with Crippen LogP contribution in [-0.4, -0.2) is 27.7 Å². The van der Waals surface area contributed by atoms with Crippen molar-refractivity contribution in [2.24, 2.45) is 5.10 Å². The van der Waals surface area contributed by atoms with E-state index in [0.717, 1.165) is 0 Å². The summed E-state index contributed by atoms with van der Waals surface area (Å²) < 4.78 is 34.9. The molecule has 29 heavy (non-hydrogen) atoms. The van der Waals surface area contributed by atoms with Gasteiger partial charge in [0.05, 0.1) is 23.8 Å². The van der Waals surface area contributed by atoms with Crippen molar-refractivity contribution in [3.05, 3.63) is 90.0 Å². The Morgan fingerprint density at radius 2 is 1.59 bits per heavy atom. The first-order valence-corrected chi connectivity index (χ1v) is 10.0. The summed E-state index contributed by atoms with van der Waals surface area (Å²) >= 11 is 0. The molecular formula is C21H18N2O5S. The van der Waals surface area contributed by atoms with Crippen molar-refractivity contribution in [1.29, 1.82) is 0 Å². The lowest BCUT2D eigenvalue weighted by atomic mass is 10.2. The number of benzene rings is 3. The number of nitrogens with zero attached hydrogens (tertiary/aromatic N) is 1. The molecule has 0 fully saturated rings. The number of sulfonamides is 1. The minimum absolute atomic E-state index is 0.109. The van der Waals surface area contributed by atoms with Crippen molar-refractivity contribution in [3.63, 3.8) is 0 Å². The second-order valence-corrected chi connectivity index (χ2v) is 7.49. The van der Waals surface area contributed by atoms with Gasteiger partial charge in [-0.05, 0) is 48.0 Å². The Morgan fingerprint density at radius 1 is 0.931 bits per heavy atom. The Balaban J connectivity index is 1.72. The van der Waals surface area contributed by atoms with Crippen LogP contribution in [-0.2, 0) is 10.0 Å². The molecule has 0 saturated heterocycles. The van der Waals surface area contributed by atoms with Crippen molar-refractivity contribution in [3.8, 4) is 11.5 Å². The standard InChI is InChI=1S/C21H18N2O5S/c1-27-20-14-16(15-22-23-29(25,26)18-10-6-3-7-11-18)12-13-19(20)28-21(24)17-8-4-2-5-9-17/h2-15,23H,1H3/b22-15+. The predicted molar refractivity (Wildman–Crippen MR) is 109 cm³/mol. The lowest BCUT2D eigenvalue weighted by Crippen LogP contribution is -2.18. The molecule has 7 nitrogen and oxygen atoms in total. The fourth-order valence-electron chi connectivity index (χ4n) is 2.40. The van der Waals surface area contributed by atoms with E-state index in [2.05, 4.69) is 9.93 Å². The maximum absolute atomic E-state index is 12.2. The average Bonchev–Trinajstić information content (AvgIpc) is 2.75. The number of hydrazone groups is 1. The molecule has 3 rings (SSSR count). The molecule has 0 atom stereocenters. The highest BCUT2D eigenvalue weighted by atomic mass is 32.2. The number of hydrogen-bond donors (Lipinski definition) is 1. The molecule has 3 aromatic rings. The van der Waals surface area contributed by atoms with Crippen molar-refractivity contribution in [1.82, 2.24) is 4.83 Å². The summed E-state index contributed by atoms with van der Waals surface area (Å²) in [4.78, 5) is 14.5. The van der Waals surface area contributed by atoms with E-state index in [1.807, 2.05) is 0 Å². The number of esters is 1. The lowest BCUT2D eigenvalue weighted by molar-refractivity contribution is 0.0729. The monoisotopic (exact) mass is 410 g/mol. The number of rotatable bonds is 7. The fourth-order valence-corrected chi connectivity index (χ4v) is 3.22. The van der Waals surface area contributed by atoms with Gasteiger partial charge in [-0.2, -0.15) is 13.5 Å². The molecule has 8 heteroatoms. The van der Waals surface area contributed by atoms with Gasteiger partial charge in [0.2, 0.25) is 0 Å². The highest BCUT2D eigenvalue weighted by Gasteiger charge is 2.13. The van der Waals surface area contributed by atoms with Crippen molar-refractivity contribution < 1.29 is 22.7 Å². The second kappa shape index (κ2) is 9.03. The van der Waals surface area contributed by atoms with Gasteiger partial charge in [-0.25, -0.2) is 9.63 Å². The first kappa shape index (κ1) is 20.1. The van der Waals surface area contributed by atoms with Crippen molar-refractivity contribution in [2.75, 3.05) is 7.11 Å². The van der Waals surface area contributed by atoms with Gasteiger partial charge in [0.1, 0.15) is 0 Å². The largest absolute Gasteiger partial charge is 0.493 e. The molecule has 0 radical (unpaired) electrons. The SMILES string of the molecule is COc1cc(/C=N/NS(=O)(=O)c2ccccc2)ccc1OC(=O)c1ccccc1. The molecule has 0 aliphatic carbocycles. The summed E-state index contributed by atoms with van der Waals surface area (Å²) in [6.07, 6.45) is 1.33. The first-order chi connectivity index (χ1) is 14.0. The molecule has 0 aromatic heterocycles. The average molecular weight is 410 g/mol. The Labute approximate surface area is 168 Å². The van der Waals surface area contributed by atoms with E-state index in [-0.39, 0.29) is 10.6 Å². The quantitative estimate of drug-likeness (QED) is 0.279. The van der Waals surface area contributed by atoms with Gasteiger partial charge in [0.25, 0.3) is 10.0 Å². The topological polar surface area (TPSA) is 94.1 Å². The van der Waals surface area contributed by atoms with Gasteiger partial charge in [-0.1, -0.05) is 36.4 Å². The van der Waals surface area contributed by atoms with Crippen molar-refractivity contribution in [2.45, 2.75) is 4.90 Å². The summed E-state index contributed by atoms with van der Waals surface area (Å²) in [5.41, 5.74) is 0.965. The molecule has 0 aliphatic heterocycles. The minimum atomic E-state index is -3.75. The first-order valence-electron chi connectivity index (χ1n) is 8.55. The lowest BCUT2D eigenvalue weighted by Gasteiger charge is -2.10. The van der Waals surface area contributed by atoms with Gasteiger partial charge >= 0.3 is 5.97 Å². The molecule has 0 saturated carbocycles. The molecule has 0 aliphatic rings. The minimum Gasteiger partial charge on any atom is -0.493 e. The van der Waals surface area contributed by atoms with E-state index < -0.39 is 16.0 Å². The van der Waals surface area contributed by atoms with Crippen LogP contribution in [0.25, 0.3) is 0 Å². The zero-order valence-corrected chi connectivity index (χ0v) is 16.3. The van der Waals surface area contributed by atoms with Gasteiger partial charge in [0, 0.05) is 0 Å². The smallest absolute Gasteiger partial charge is 0.343 e. The van der Waals surface area contributed by atoms with Crippen LogP contribution in [0.1, 0.15) is 15.9 Å². The summed E-state index contributed by atoms with van der Waals surface area (Å²) in [6, 6.07) is 21.2. The fraction of sp³-hybridized carbons (Fsp3) is 0.0476. The zero-order valence-electron chi connectivity index (χ0n) is 15.5. The predicted octanol–water partition coefficient (Wildman–Crippen LogP) is 3.23. The molecule has 0 amide bonds. The third kappa shape index (κ3) is 5.20. The van der Waals surface area contributed by atoms with Crippen LogP contribution in [0.15, 0.2) is 88.9 Å². The van der Waals surface area contributed by atoms with E-state index in [4.69, 9.17) is 9.47 Å². The van der Waals surface area contributed by atoms with Gasteiger partial charge in [-0.15, -0.1) is 0 Å². The van der Waals surface area contributed by atoms with E-state index in [1.54, 1.807) is 66.7 Å². The number of carbonyl (C=O) groups is 1. The summed E-state index contributed by atoms with van der Waals surface area (Å²) in [5.74, 6) is 0.0356. The van der Waals surface area contributed by atoms with Gasteiger partial charge in [0.15, 0.2) is 11.5 Å². The Kier molecular flexibility index (Phi) is 6.25. The molecule has 1 N–H and O–H groups in total. The van der Waals surface area contributed by atoms with E-state index in [0.29, 0.717) is 16.9 Å². The van der Waals surface area contributed by atoms with Crippen LogP contribution in [0.3, 0.4) is 0 Å². The van der Waals surface area contributed by atoms with E-state index in [1.165, 1.54) is 25.5 Å². The number of hydrogen-bond acceptors (Lipinski definition) is 6. The van der Waals surface area contributed by atoms with Gasteiger partial charge in [-0.3, -0.25) is 0 Å². The Hall–Kier alpha value is -3.65. The van der Waals surface area contributed by atoms with Crippen LogP contribution < -0.4 is 14.3 Å². The van der Waals surface area contributed by atoms with E-state index >= 15 is 0 Å². The van der Waals surface area contributed by atoms with Crippen LogP contribution >= 0.6 is 0 Å². The number of ether oxygens (including phenoxy) is 2. The summed E-state index contributed by atoms with van der Waals surface area (Å²) in [7, 11) is -2.31. The van der Waals surface area contributed by atoms with Gasteiger partial charge < -0.3 is 9.47 Å². The Morgan fingerprint density at radius 3 is 2.24 bits per heavy atom.